The van der Waals surface area contributed by atoms with Crippen LogP contribution >= 0.6 is 11.6 Å². The Hall–Kier alpha value is -2.42. The van der Waals surface area contributed by atoms with Gasteiger partial charge in [0.25, 0.3) is 0 Å². The average molecular weight is 344 g/mol. The maximum absolute atomic E-state index is 13.9. The molecule has 0 fully saturated rings. The van der Waals surface area contributed by atoms with Gasteiger partial charge in [-0.15, -0.1) is 0 Å². The van der Waals surface area contributed by atoms with Crippen LogP contribution in [0.5, 0.6) is 0 Å². The largest absolute Gasteiger partial charge is 0.381 e. The molecule has 3 rings (SSSR count). The van der Waals surface area contributed by atoms with E-state index in [0.717, 1.165) is 11.3 Å². The van der Waals surface area contributed by atoms with Crippen LogP contribution in [0.25, 0.3) is 22.2 Å². The van der Waals surface area contributed by atoms with Crippen LogP contribution < -0.4 is 0 Å². The predicted molar refractivity (Wildman–Crippen MR) is 91.4 cm³/mol. The Balaban J connectivity index is 2.05. The zero-order valence-corrected chi connectivity index (χ0v) is 14.0. The normalized spacial score (nSPS) is 12.3. The Bertz CT molecular complexity index is 945. The molecule has 0 amide bonds. The molecule has 0 spiro atoms. The van der Waals surface area contributed by atoms with Gasteiger partial charge in [0.2, 0.25) is 0 Å². The van der Waals surface area contributed by atoms with Crippen LogP contribution in [0, 0.1) is 17.1 Å². The summed E-state index contributed by atoms with van der Waals surface area (Å²) in [4.78, 5) is 7.75. The Labute approximate surface area is 143 Å². The van der Waals surface area contributed by atoms with Crippen LogP contribution in [0.2, 0.25) is 5.02 Å². The lowest BCUT2D eigenvalue weighted by molar-refractivity contribution is 0.117. The molecule has 3 aromatic rings. The standard InChI is InChI=1S/C18H15ClFN3O/c1-10(24-2)7-16-22-15-6-5-13(17(19)18(15)23-16)11-3-4-12(9-21)14(20)8-11/h3-6,8,10H,7H2,1-2H3,(H,22,23)/t10-/m1/s1. The molecule has 24 heavy (non-hydrogen) atoms. The highest BCUT2D eigenvalue weighted by molar-refractivity contribution is 6.37. The lowest BCUT2D eigenvalue weighted by atomic mass is 10.0. The number of nitrogens with one attached hydrogen (secondary N) is 1. The summed E-state index contributed by atoms with van der Waals surface area (Å²) in [5, 5.41) is 9.28. The van der Waals surface area contributed by atoms with Crippen LogP contribution in [0.15, 0.2) is 30.3 Å². The molecule has 1 atom stereocenters. The summed E-state index contributed by atoms with van der Waals surface area (Å²) in [6, 6.07) is 9.92. The van der Waals surface area contributed by atoms with E-state index in [2.05, 4.69) is 9.97 Å². The molecule has 4 nitrogen and oxygen atoms in total. The second-order valence-corrected chi connectivity index (χ2v) is 5.94. The summed E-state index contributed by atoms with van der Waals surface area (Å²) in [6.07, 6.45) is 0.680. The number of ether oxygens (including phenoxy) is 1. The first-order chi connectivity index (χ1) is 11.5. The molecule has 0 aliphatic rings. The molecule has 0 aliphatic carbocycles. The molecule has 1 heterocycles. The quantitative estimate of drug-likeness (QED) is 0.760. The smallest absolute Gasteiger partial charge is 0.141 e. The lowest BCUT2D eigenvalue weighted by Crippen LogP contribution is -2.09. The molecule has 1 aromatic heterocycles. The molecule has 122 valence electrons. The lowest BCUT2D eigenvalue weighted by Gasteiger charge is -2.06. The van der Waals surface area contributed by atoms with E-state index in [1.165, 1.54) is 12.1 Å². The van der Waals surface area contributed by atoms with Gasteiger partial charge in [-0.3, -0.25) is 0 Å². The number of benzene rings is 2. The van der Waals surface area contributed by atoms with E-state index in [1.807, 2.05) is 25.1 Å². The van der Waals surface area contributed by atoms with Gasteiger partial charge in [0, 0.05) is 19.1 Å². The molecule has 0 saturated heterocycles. The molecule has 6 heteroatoms. The van der Waals surface area contributed by atoms with Crippen molar-refractivity contribution in [2.45, 2.75) is 19.4 Å². The molecule has 2 aromatic carbocycles. The van der Waals surface area contributed by atoms with E-state index in [4.69, 9.17) is 21.6 Å². The van der Waals surface area contributed by atoms with Gasteiger partial charge in [-0.1, -0.05) is 23.7 Å². The number of hydrogen-bond donors (Lipinski definition) is 1. The number of halogens is 2. The fourth-order valence-corrected chi connectivity index (χ4v) is 2.86. The van der Waals surface area contributed by atoms with Gasteiger partial charge in [0.15, 0.2) is 0 Å². The molecule has 0 saturated carbocycles. The van der Waals surface area contributed by atoms with Gasteiger partial charge in [-0.25, -0.2) is 9.37 Å². The Morgan fingerprint density at radius 2 is 2.17 bits per heavy atom. The molecular weight excluding hydrogens is 329 g/mol. The van der Waals surface area contributed by atoms with Crippen LogP contribution in [0.4, 0.5) is 4.39 Å². The minimum absolute atomic E-state index is 0.00607. The van der Waals surface area contributed by atoms with Gasteiger partial charge in [0.05, 0.1) is 22.2 Å². The van der Waals surface area contributed by atoms with Crippen molar-refractivity contribution in [3.05, 3.63) is 52.6 Å². The summed E-state index contributed by atoms with van der Waals surface area (Å²) < 4.78 is 19.1. The summed E-state index contributed by atoms with van der Waals surface area (Å²) >= 11 is 6.48. The first-order valence-corrected chi connectivity index (χ1v) is 7.81. The zero-order chi connectivity index (χ0) is 17.3. The Morgan fingerprint density at radius 1 is 1.38 bits per heavy atom. The molecule has 1 N–H and O–H groups in total. The highest BCUT2D eigenvalue weighted by Gasteiger charge is 2.14. The monoisotopic (exact) mass is 343 g/mol. The number of aromatic nitrogens is 2. The maximum atomic E-state index is 13.9. The second kappa shape index (κ2) is 6.60. The van der Waals surface area contributed by atoms with Crippen molar-refractivity contribution >= 4 is 22.6 Å². The third kappa shape index (κ3) is 2.99. The van der Waals surface area contributed by atoms with Crippen LogP contribution in [0.3, 0.4) is 0 Å². The van der Waals surface area contributed by atoms with Crippen molar-refractivity contribution in [1.82, 2.24) is 9.97 Å². The number of methoxy groups -OCH3 is 1. The SMILES string of the molecule is CO[C@H](C)Cc1nc2c(Cl)c(-c3ccc(C#N)c(F)c3)ccc2[nH]1. The van der Waals surface area contributed by atoms with Crippen LogP contribution in [-0.4, -0.2) is 23.2 Å². The number of H-pyrrole nitrogens is 1. The van der Waals surface area contributed by atoms with Crippen molar-refractivity contribution in [2.24, 2.45) is 0 Å². The number of nitrogens with zero attached hydrogens (tertiary/aromatic N) is 2. The highest BCUT2D eigenvalue weighted by Crippen LogP contribution is 2.34. The van der Waals surface area contributed by atoms with E-state index < -0.39 is 5.82 Å². The van der Waals surface area contributed by atoms with Crippen molar-refractivity contribution in [2.75, 3.05) is 7.11 Å². The van der Waals surface area contributed by atoms with E-state index in [1.54, 1.807) is 13.2 Å². The fourth-order valence-electron chi connectivity index (χ4n) is 2.54. The third-order valence-electron chi connectivity index (χ3n) is 3.93. The van der Waals surface area contributed by atoms with Gasteiger partial charge >= 0.3 is 0 Å². The Morgan fingerprint density at radius 3 is 2.83 bits per heavy atom. The van der Waals surface area contributed by atoms with Gasteiger partial charge in [-0.05, 0) is 30.7 Å². The van der Waals surface area contributed by atoms with Gasteiger partial charge in [0.1, 0.15) is 23.2 Å². The summed E-state index contributed by atoms with van der Waals surface area (Å²) in [5.41, 5.74) is 2.73. The third-order valence-corrected chi connectivity index (χ3v) is 4.31. The maximum Gasteiger partial charge on any atom is 0.141 e. The molecule has 0 aliphatic heterocycles. The fraction of sp³-hybridized carbons (Fsp3) is 0.222. The second-order valence-electron chi connectivity index (χ2n) is 5.56. The number of fused-ring (bicyclic) bond motifs is 1. The minimum atomic E-state index is -0.567. The van der Waals surface area contributed by atoms with E-state index >= 15 is 0 Å². The summed E-state index contributed by atoms with van der Waals surface area (Å²) in [6.45, 7) is 1.96. The molecular formula is C18H15ClFN3O. The number of hydrogen-bond acceptors (Lipinski definition) is 3. The highest BCUT2D eigenvalue weighted by atomic mass is 35.5. The molecule has 0 unspecified atom stereocenters. The minimum Gasteiger partial charge on any atom is -0.381 e. The molecule has 0 bridgehead atoms. The topological polar surface area (TPSA) is 61.7 Å². The number of nitriles is 1. The first-order valence-electron chi connectivity index (χ1n) is 7.43. The van der Waals surface area contributed by atoms with Gasteiger partial charge in [-0.2, -0.15) is 5.26 Å². The van der Waals surface area contributed by atoms with Gasteiger partial charge < -0.3 is 9.72 Å². The number of aromatic amines is 1. The van der Waals surface area contributed by atoms with Crippen LogP contribution in [-0.2, 0) is 11.2 Å². The first kappa shape index (κ1) is 16.4. The zero-order valence-electron chi connectivity index (χ0n) is 13.2. The predicted octanol–water partition coefficient (Wildman–Crippen LogP) is 4.47. The summed E-state index contributed by atoms with van der Waals surface area (Å²) in [5.74, 6) is 0.215. The van der Waals surface area contributed by atoms with E-state index in [9.17, 15) is 4.39 Å². The van der Waals surface area contributed by atoms with Crippen molar-refractivity contribution in [3.8, 4) is 17.2 Å². The number of imidazole rings is 1. The van der Waals surface area contributed by atoms with Crippen molar-refractivity contribution < 1.29 is 9.13 Å². The van der Waals surface area contributed by atoms with E-state index in [0.29, 0.717) is 28.1 Å². The van der Waals surface area contributed by atoms with Crippen molar-refractivity contribution in [3.63, 3.8) is 0 Å². The Kier molecular flexibility index (Phi) is 4.52. The van der Waals surface area contributed by atoms with Crippen LogP contribution in [0.1, 0.15) is 18.3 Å². The van der Waals surface area contributed by atoms with Crippen molar-refractivity contribution in [1.29, 1.82) is 5.26 Å². The number of rotatable bonds is 4. The molecule has 0 radical (unpaired) electrons. The summed E-state index contributed by atoms with van der Waals surface area (Å²) in [7, 11) is 1.65. The van der Waals surface area contributed by atoms with E-state index in [-0.39, 0.29) is 11.7 Å². The average Bonchev–Trinajstić information content (AvgIpc) is 2.98.